The van der Waals surface area contributed by atoms with Crippen LogP contribution in [0.25, 0.3) is 0 Å². The molecule has 3 heteroatoms. The van der Waals surface area contributed by atoms with Crippen LogP contribution in [-0.2, 0) is 6.42 Å². The molecule has 3 rings (SSSR count). The lowest BCUT2D eigenvalue weighted by Gasteiger charge is -2.36. The van der Waals surface area contributed by atoms with Crippen LogP contribution >= 0.6 is 0 Å². The zero-order valence-electron chi connectivity index (χ0n) is 12.3. The maximum Gasteiger partial charge on any atom is 0.123 e. The molecule has 2 N–H and O–H groups in total. The molecule has 2 unspecified atom stereocenters. The highest BCUT2D eigenvalue weighted by atomic mass is 19.1. The normalized spacial score (nSPS) is 19.2. The number of hydrogen-bond acceptors (Lipinski definition) is 2. The van der Waals surface area contributed by atoms with Gasteiger partial charge in [0.2, 0.25) is 0 Å². The summed E-state index contributed by atoms with van der Waals surface area (Å²) in [5.74, 6) is 0.384. The Hall–Kier alpha value is -1.87. The molecule has 2 atom stereocenters. The van der Waals surface area contributed by atoms with Crippen molar-refractivity contribution in [2.75, 3.05) is 18.0 Å². The topological polar surface area (TPSA) is 29.3 Å². The van der Waals surface area contributed by atoms with Gasteiger partial charge in [0, 0.05) is 24.8 Å². The van der Waals surface area contributed by atoms with E-state index in [1.165, 1.54) is 23.4 Å². The van der Waals surface area contributed by atoms with E-state index in [9.17, 15) is 4.39 Å². The average Bonchev–Trinajstić information content (AvgIpc) is 2.47. The van der Waals surface area contributed by atoms with E-state index in [4.69, 9.17) is 5.73 Å². The lowest BCUT2D eigenvalue weighted by Crippen LogP contribution is -2.39. The molecule has 0 saturated carbocycles. The standard InChI is InChI=1S/C18H21FN2/c1-13-9-15-5-2-3-8-18(15)21(11-13)12-17(20)14-6-4-7-16(19)10-14/h2-8,10,13,17H,9,11-12,20H2,1H3. The fraction of sp³-hybridized carbons (Fsp3) is 0.333. The molecular formula is C18H21FN2. The monoisotopic (exact) mass is 284 g/mol. The molecule has 0 spiro atoms. The van der Waals surface area contributed by atoms with Crippen molar-refractivity contribution in [1.82, 2.24) is 0 Å². The average molecular weight is 284 g/mol. The van der Waals surface area contributed by atoms with Gasteiger partial charge in [-0.1, -0.05) is 37.3 Å². The largest absolute Gasteiger partial charge is 0.369 e. The van der Waals surface area contributed by atoms with Crippen molar-refractivity contribution in [1.29, 1.82) is 0 Å². The quantitative estimate of drug-likeness (QED) is 0.934. The molecule has 2 nitrogen and oxygen atoms in total. The first-order valence-corrected chi connectivity index (χ1v) is 7.47. The molecule has 2 aromatic carbocycles. The van der Waals surface area contributed by atoms with Gasteiger partial charge in [0.15, 0.2) is 0 Å². The van der Waals surface area contributed by atoms with Crippen molar-refractivity contribution in [2.24, 2.45) is 11.7 Å². The van der Waals surface area contributed by atoms with E-state index in [2.05, 4.69) is 36.1 Å². The first kappa shape index (κ1) is 14.1. The van der Waals surface area contributed by atoms with E-state index in [1.54, 1.807) is 6.07 Å². The van der Waals surface area contributed by atoms with Crippen molar-refractivity contribution < 1.29 is 4.39 Å². The van der Waals surface area contributed by atoms with Crippen LogP contribution in [0.2, 0.25) is 0 Å². The SMILES string of the molecule is CC1Cc2ccccc2N(CC(N)c2cccc(F)c2)C1. The molecule has 1 heterocycles. The highest BCUT2D eigenvalue weighted by molar-refractivity contribution is 5.56. The Bertz CT molecular complexity index is 626. The number of halogens is 1. The van der Waals surface area contributed by atoms with Crippen LogP contribution < -0.4 is 10.6 Å². The van der Waals surface area contributed by atoms with E-state index in [1.807, 2.05) is 6.07 Å². The number of anilines is 1. The second-order valence-electron chi connectivity index (χ2n) is 6.00. The summed E-state index contributed by atoms with van der Waals surface area (Å²) in [4.78, 5) is 2.33. The van der Waals surface area contributed by atoms with Crippen molar-refractivity contribution >= 4 is 5.69 Å². The molecule has 1 aliphatic heterocycles. The third-order valence-electron chi connectivity index (χ3n) is 4.13. The second-order valence-corrected chi connectivity index (χ2v) is 6.00. The van der Waals surface area contributed by atoms with Gasteiger partial charge in [-0.05, 0) is 41.7 Å². The van der Waals surface area contributed by atoms with E-state index in [0.29, 0.717) is 12.5 Å². The molecule has 0 bridgehead atoms. The van der Waals surface area contributed by atoms with Crippen LogP contribution in [0.3, 0.4) is 0 Å². The van der Waals surface area contributed by atoms with Gasteiger partial charge >= 0.3 is 0 Å². The molecule has 0 saturated heterocycles. The lowest BCUT2D eigenvalue weighted by atomic mass is 9.93. The first-order chi connectivity index (χ1) is 10.1. The summed E-state index contributed by atoms with van der Waals surface area (Å²) in [5.41, 5.74) is 9.79. The summed E-state index contributed by atoms with van der Waals surface area (Å²) < 4.78 is 13.3. The first-order valence-electron chi connectivity index (χ1n) is 7.47. The van der Waals surface area contributed by atoms with Crippen LogP contribution in [0.15, 0.2) is 48.5 Å². The predicted octanol–water partition coefficient (Wildman–Crippen LogP) is 3.52. The van der Waals surface area contributed by atoms with Crippen molar-refractivity contribution in [3.05, 3.63) is 65.5 Å². The molecule has 1 aliphatic rings. The summed E-state index contributed by atoms with van der Waals surface area (Å²) >= 11 is 0. The summed E-state index contributed by atoms with van der Waals surface area (Å²) in [6.45, 7) is 3.97. The zero-order valence-corrected chi connectivity index (χ0v) is 12.3. The minimum Gasteiger partial charge on any atom is -0.369 e. The van der Waals surface area contributed by atoms with Crippen LogP contribution in [0.5, 0.6) is 0 Å². The summed E-state index contributed by atoms with van der Waals surface area (Å²) in [7, 11) is 0. The van der Waals surface area contributed by atoms with Crippen LogP contribution in [-0.4, -0.2) is 13.1 Å². The Kier molecular flexibility index (Phi) is 3.93. The van der Waals surface area contributed by atoms with E-state index >= 15 is 0 Å². The number of benzene rings is 2. The number of nitrogens with zero attached hydrogens (tertiary/aromatic N) is 1. The third-order valence-corrected chi connectivity index (χ3v) is 4.13. The Morgan fingerprint density at radius 1 is 1.24 bits per heavy atom. The highest BCUT2D eigenvalue weighted by Crippen LogP contribution is 2.30. The van der Waals surface area contributed by atoms with Crippen LogP contribution in [0, 0.1) is 11.7 Å². The van der Waals surface area contributed by atoms with Gasteiger partial charge in [0.1, 0.15) is 5.82 Å². The number of rotatable bonds is 3. The fourth-order valence-electron chi connectivity index (χ4n) is 3.16. The van der Waals surface area contributed by atoms with Gasteiger partial charge in [-0.25, -0.2) is 4.39 Å². The molecule has 0 aliphatic carbocycles. The van der Waals surface area contributed by atoms with Gasteiger partial charge in [0.25, 0.3) is 0 Å². The van der Waals surface area contributed by atoms with Gasteiger partial charge in [0.05, 0.1) is 0 Å². The molecule has 2 aromatic rings. The highest BCUT2D eigenvalue weighted by Gasteiger charge is 2.23. The number of fused-ring (bicyclic) bond motifs is 1. The Morgan fingerprint density at radius 2 is 2.05 bits per heavy atom. The van der Waals surface area contributed by atoms with Gasteiger partial charge in [-0.3, -0.25) is 0 Å². The van der Waals surface area contributed by atoms with Crippen molar-refractivity contribution in [3.8, 4) is 0 Å². The number of para-hydroxylation sites is 1. The summed E-state index contributed by atoms with van der Waals surface area (Å²) in [5, 5.41) is 0. The van der Waals surface area contributed by atoms with Gasteiger partial charge in [-0.15, -0.1) is 0 Å². The Labute approximate surface area is 125 Å². The number of hydrogen-bond donors (Lipinski definition) is 1. The maximum atomic E-state index is 13.3. The van der Waals surface area contributed by atoms with Crippen LogP contribution in [0.4, 0.5) is 10.1 Å². The van der Waals surface area contributed by atoms with Crippen molar-refractivity contribution in [3.63, 3.8) is 0 Å². The van der Waals surface area contributed by atoms with Crippen molar-refractivity contribution in [2.45, 2.75) is 19.4 Å². The number of nitrogens with two attached hydrogens (primary N) is 1. The molecular weight excluding hydrogens is 263 g/mol. The summed E-state index contributed by atoms with van der Waals surface area (Å²) in [6, 6.07) is 14.9. The zero-order chi connectivity index (χ0) is 14.8. The fourth-order valence-corrected chi connectivity index (χ4v) is 3.16. The van der Waals surface area contributed by atoms with Gasteiger partial charge < -0.3 is 10.6 Å². The Morgan fingerprint density at radius 3 is 2.86 bits per heavy atom. The molecule has 0 amide bonds. The lowest BCUT2D eigenvalue weighted by molar-refractivity contribution is 0.514. The maximum absolute atomic E-state index is 13.3. The smallest absolute Gasteiger partial charge is 0.123 e. The molecule has 0 radical (unpaired) electrons. The molecule has 0 fully saturated rings. The van der Waals surface area contributed by atoms with Gasteiger partial charge in [-0.2, -0.15) is 0 Å². The Balaban J connectivity index is 1.81. The molecule has 0 aromatic heterocycles. The van der Waals surface area contributed by atoms with Crippen LogP contribution in [0.1, 0.15) is 24.1 Å². The summed E-state index contributed by atoms with van der Waals surface area (Å²) in [6.07, 6.45) is 1.11. The van der Waals surface area contributed by atoms with E-state index in [0.717, 1.165) is 18.5 Å². The van der Waals surface area contributed by atoms with E-state index < -0.39 is 0 Å². The third kappa shape index (κ3) is 3.08. The minimum atomic E-state index is -0.227. The molecule has 110 valence electrons. The van der Waals surface area contributed by atoms with E-state index in [-0.39, 0.29) is 11.9 Å². The second kappa shape index (κ2) is 5.86. The predicted molar refractivity (Wildman–Crippen MR) is 84.9 cm³/mol. The molecule has 21 heavy (non-hydrogen) atoms. The minimum absolute atomic E-state index is 0.181.